The summed E-state index contributed by atoms with van der Waals surface area (Å²) in [5.74, 6) is 0.972. The molecule has 112 valence electrons. The van der Waals surface area contributed by atoms with E-state index in [4.69, 9.17) is 4.74 Å². The third-order valence-corrected chi connectivity index (χ3v) is 3.42. The van der Waals surface area contributed by atoms with Gasteiger partial charge in [-0.25, -0.2) is 0 Å². The molecule has 0 aliphatic rings. The van der Waals surface area contributed by atoms with Crippen molar-refractivity contribution >= 4 is 0 Å². The smallest absolute Gasteiger partial charge is 0.119 e. The van der Waals surface area contributed by atoms with Gasteiger partial charge in [-0.1, -0.05) is 38.0 Å². The average Bonchev–Trinajstić information content (AvgIpc) is 2.46. The Morgan fingerprint density at radius 3 is 2.80 bits per heavy atom. The van der Waals surface area contributed by atoms with Gasteiger partial charge < -0.3 is 10.1 Å². The summed E-state index contributed by atoms with van der Waals surface area (Å²) in [4.78, 5) is 0. The second-order valence-corrected chi connectivity index (χ2v) is 5.04. The standard InChI is InChI=1S/C18H29NO/c1-4-7-8-9-10-14-18(19-5-2)16-12-11-13-17(15-16)20-6-3/h4,11-13,15,18-19H,1,5-10,14H2,2-3H3. The predicted octanol–water partition coefficient (Wildman–Crippen LogP) is 4.87. The molecule has 0 bridgehead atoms. The summed E-state index contributed by atoms with van der Waals surface area (Å²) >= 11 is 0. The van der Waals surface area contributed by atoms with E-state index in [2.05, 4.69) is 37.0 Å². The molecule has 1 unspecified atom stereocenters. The fourth-order valence-corrected chi connectivity index (χ4v) is 2.43. The second-order valence-electron chi connectivity index (χ2n) is 5.04. The molecule has 0 amide bonds. The zero-order valence-electron chi connectivity index (χ0n) is 13.0. The molecule has 0 aliphatic carbocycles. The van der Waals surface area contributed by atoms with Gasteiger partial charge in [-0.15, -0.1) is 6.58 Å². The van der Waals surface area contributed by atoms with E-state index in [1.54, 1.807) is 0 Å². The Morgan fingerprint density at radius 1 is 1.25 bits per heavy atom. The summed E-state index contributed by atoms with van der Waals surface area (Å²) in [6.45, 7) is 9.67. The van der Waals surface area contributed by atoms with Crippen molar-refractivity contribution in [1.82, 2.24) is 5.32 Å². The van der Waals surface area contributed by atoms with E-state index in [0.29, 0.717) is 6.04 Å². The summed E-state index contributed by atoms with van der Waals surface area (Å²) in [6, 6.07) is 8.91. The van der Waals surface area contributed by atoms with Gasteiger partial charge in [0.1, 0.15) is 5.75 Å². The van der Waals surface area contributed by atoms with Crippen molar-refractivity contribution < 1.29 is 4.74 Å². The van der Waals surface area contributed by atoms with Gasteiger partial charge in [-0.3, -0.25) is 0 Å². The fraction of sp³-hybridized carbons (Fsp3) is 0.556. The molecule has 1 rings (SSSR count). The van der Waals surface area contributed by atoms with Crippen molar-refractivity contribution in [2.24, 2.45) is 0 Å². The maximum atomic E-state index is 5.59. The lowest BCUT2D eigenvalue weighted by Gasteiger charge is -2.19. The normalized spacial score (nSPS) is 12.1. The van der Waals surface area contributed by atoms with Crippen molar-refractivity contribution in [3.8, 4) is 5.75 Å². The van der Waals surface area contributed by atoms with Crippen LogP contribution in [0.3, 0.4) is 0 Å². The Labute approximate surface area is 124 Å². The Hall–Kier alpha value is -1.28. The quantitative estimate of drug-likeness (QED) is 0.459. The summed E-state index contributed by atoms with van der Waals surface area (Å²) in [6.07, 6.45) is 8.10. The van der Waals surface area contributed by atoms with Gasteiger partial charge in [0.2, 0.25) is 0 Å². The molecular formula is C18H29NO. The third kappa shape index (κ3) is 6.25. The van der Waals surface area contributed by atoms with Crippen LogP contribution in [0, 0.1) is 0 Å². The molecule has 0 saturated heterocycles. The number of nitrogens with one attached hydrogen (secondary N) is 1. The Balaban J connectivity index is 2.55. The molecule has 2 nitrogen and oxygen atoms in total. The van der Waals surface area contributed by atoms with Crippen LogP contribution in [0.5, 0.6) is 5.75 Å². The minimum absolute atomic E-state index is 0.434. The van der Waals surface area contributed by atoms with Crippen LogP contribution in [0.25, 0.3) is 0 Å². The van der Waals surface area contributed by atoms with Crippen molar-refractivity contribution in [3.05, 3.63) is 42.5 Å². The zero-order valence-corrected chi connectivity index (χ0v) is 13.0. The predicted molar refractivity (Wildman–Crippen MR) is 87.3 cm³/mol. The molecule has 1 atom stereocenters. The monoisotopic (exact) mass is 275 g/mol. The van der Waals surface area contributed by atoms with Gasteiger partial charge in [-0.05, 0) is 50.4 Å². The van der Waals surface area contributed by atoms with Gasteiger partial charge >= 0.3 is 0 Å². The first-order valence-electron chi connectivity index (χ1n) is 7.88. The first kappa shape index (κ1) is 16.8. The Morgan fingerprint density at radius 2 is 2.10 bits per heavy atom. The van der Waals surface area contributed by atoms with Crippen molar-refractivity contribution in [2.75, 3.05) is 13.2 Å². The Kier molecular flexibility index (Phi) is 8.81. The second kappa shape index (κ2) is 10.5. The molecule has 0 aromatic heterocycles. The molecule has 0 spiro atoms. The highest BCUT2D eigenvalue weighted by Crippen LogP contribution is 2.24. The lowest BCUT2D eigenvalue weighted by atomic mass is 9.99. The van der Waals surface area contributed by atoms with Crippen molar-refractivity contribution in [3.63, 3.8) is 0 Å². The molecule has 1 aromatic carbocycles. The van der Waals surface area contributed by atoms with Gasteiger partial charge in [0, 0.05) is 6.04 Å². The minimum Gasteiger partial charge on any atom is -0.494 e. The summed E-state index contributed by atoms with van der Waals surface area (Å²) in [7, 11) is 0. The van der Waals surface area contributed by atoms with Gasteiger partial charge in [0.25, 0.3) is 0 Å². The molecule has 20 heavy (non-hydrogen) atoms. The highest BCUT2D eigenvalue weighted by Gasteiger charge is 2.10. The van der Waals surface area contributed by atoms with Gasteiger partial charge in [0.15, 0.2) is 0 Å². The largest absolute Gasteiger partial charge is 0.494 e. The van der Waals surface area contributed by atoms with Gasteiger partial charge in [0.05, 0.1) is 6.61 Å². The highest BCUT2D eigenvalue weighted by atomic mass is 16.5. The number of hydrogen-bond donors (Lipinski definition) is 1. The lowest BCUT2D eigenvalue weighted by molar-refractivity contribution is 0.339. The minimum atomic E-state index is 0.434. The molecule has 0 radical (unpaired) electrons. The first-order chi connectivity index (χ1) is 9.81. The van der Waals surface area contributed by atoms with Crippen LogP contribution in [0.15, 0.2) is 36.9 Å². The molecule has 1 N–H and O–H groups in total. The first-order valence-corrected chi connectivity index (χ1v) is 7.88. The molecule has 0 saturated carbocycles. The van der Waals surface area contributed by atoms with E-state index in [-0.39, 0.29) is 0 Å². The van der Waals surface area contributed by atoms with Crippen LogP contribution >= 0.6 is 0 Å². The highest BCUT2D eigenvalue weighted by molar-refractivity contribution is 5.30. The average molecular weight is 275 g/mol. The molecule has 1 aromatic rings. The molecule has 0 aliphatic heterocycles. The number of allylic oxidation sites excluding steroid dienone is 1. The maximum Gasteiger partial charge on any atom is 0.119 e. The summed E-state index contributed by atoms with van der Waals surface area (Å²) in [5, 5.41) is 3.58. The van der Waals surface area contributed by atoms with Crippen LogP contribution in [-0.2, 0) is 0 Å². The van der Waals surface area contributed by atoms with E-state index < -0.39 is 0 Å². The SMILES string of the molecule is C=CCCCCCC(NCC)c1cccc(OCC)c1. The lowest BCUT2D eigenvalue weighted by Crippen LogP contribution is -2.20. The molecule has 0 fully saturated rings. The summed E-state index contributed by atoms with van der Waals surface area (Å²) < 4.78 is 5.59. The molecule has 2 heteroatoms. The third-order valence-electron chi connectivity index (χ3n) is 3.42. The van der Waals surface area contributed by atoms with E-state index in [1.807, 2.05) is 19.1 Å². The molecule has 0 heterocycles. The van der Waals surface area contributed by atoms with Gasteiger partial charge in [-0.2, -0.15) is 0 Å². The van der Waals surface area contributed by atoms with Crippen LogP contribution in [0.1, 0.15) is 57.6 Å². The fourth-order valence-electron chi connectivity index (χ4n) is 2.43. The number of benzene rings is 1. The number of rotatable bonds is 11. The van der Waals surface area contributed by atoms with Crippen LogP contribution in [0.4, 0.5) is 0 Å². The molecular weight excluding hydrogens is 246 g/mol. The number of unbranched alkanes of at least 4 members (excludes halogenated alkanes) is 3. The van der Waals surface area contributed by atoms with Crippen LogP contribution in [0.2, 0.25) is 0 Å². The topological polar surface area (TPSA) is 21.3 Å². The maximum absolute atomic E-state index is 5.59. The van der Waals surface area contributed by atoms with E-state index >= 15 is 0 Å². The number of hydrogen-bond acceptors (Lipinski definition) is 2. The zero-order chi connectivity index (χ0) is 14.6. The van der Waals surface area contributed by atoms with Crippen LogP contribution < -0.4 is 10.1 Å². The Bertz CT molecular complexity index is 375. The van der Waals surface area contributed by atoms with E-state index in [1.165, 1.54) is 31.2 Å². The summed E-state index contributed by atoms with van der Waals surface area (Å²) in [5.41, 5.74) is 1.33. The van der Waals surface area contributed by atoms with Crippen molar-refractivity contribution in [2.45, 2.75) is 52.0 Å². The van der Waals surface area contributed by atoms with Crippen LogP contribution in [-0.4, -0.2) is 13.2 Å². The number of ether oxygens (including phenoxy) is 1. The van der Waals surface area contributed by atoms with E-state index in [0.717, 1.165) is 25.3 Å². The van der Waals surface area contributed by atoms with E-state index in [9.17, 15) is 0 Å². The van der Waals surface area contributed by atoms with Crippen molar-refractivity contribution in [1.29, 1.82) is 0 Å².